The van der Waals surface area contributed by atoms with Crippen molar-refractivity contribution in [3.05, 3.63) is 0 Å². The molecule has 0 saturated heterocycles. The molecule has 0 aromatic heterocycles. The van der Waals surface area contributed by atoms with Gasteiger partial charge < -0.3 is 10.4 Å². The summed E-state index contributed by atoms with van der Waals surface area (Å²) in [5.74, 6) is -0.941. The van der Waals surface area contributed by atoms with E-state index in [1.165, 1.54) is 0 Å². The summed E-state index contributed by atoms with van der Waals surface area (Å²) in [6.07, 6.45) is 5.15. The van der Waals surface area contributed by atoms with Gasteiger partial charge in [-0.1, -0.05) is 19.8 Å². The lowest BCUT2D eigenvalue weighted by Gasteiger charge is -2.26. The highest BCUT2D eigenvalue weighted by Crippen LogP contribution is 2.39. The minimum atomic E-state index is -1.05. The third-order valence-electron chi connectivity index (χ3n) is 3.24. The second-order valence-electron chi connectivity index (χ2n) is 4.79. The summed E-state index contributed by atoms with van der Waals surface area (Å²) < 4.78 is 0. The van der Waals surface area contributed by atoms with Gasteiger partial charge in [0.1, 0.15) is 5.54 Å². The number of carbonyl (C=O) groups excluding carboxylic acids is 1. The minimum Gasteiger partial charge on any atom is -0.480 e. The lowest BCUT2D eigenvalue weighted by Crippen LogP contribution is -2.53. The van der Waals surface area contributed by atoms with Gasteiger partial charge in [0, 0.05) is 6.42 Å². The Balaban J connectivity index is 2.43. The molecule has 0 spiro atoms. The maximum atomic E-state index is 11.6. The molecule has 0 aromatic rings. The fourth-order valence-corrected chi connectivity index (χ4v) is 1.88. The van der Waals surface area contributed by atoms with E-state index in [0.717, 1.165) is 32.1 Å². The van der Waals surface area contributed by atoms with Crippen LogP contribution in [0, 0.1) is 5.92 Å². The average molecular weight is 227 g/mol. The van der Waals surface area contributed by atoms with E-state index in [2.05, 4.69) is 12.2 Å². The van der Waals surface area contributed by atoms with Crippen molar-refractivity contribution in [2.24, 2.45) is 5.92 Å². The first-order chi connectivity index (χ1) is 7.50. The number of nitrogens with one attached hydrogen (secondary N) is 1. The van der Waals surface area contributed by atoms with Gasteiger partial charge in [0.2, 0.25) is 5.91 Å². The fourth-order valence-electron chi connectivity index (χ4n) is 1.88. The van der Waals surface area contributed by atoms with Crippen LogP contribution in [0.3, 0.4) is 0 Å². The number of hydrogen-bond donors (Lipinski definition) is 2. The first-order valence-corrected chi connectivity index (χ1v) is 6.05. The molecule has 1 rings (SSSR count). The predicted octanol–water partition coefficient (Wildman–Crippen LogP) is 1.94. The topological polar surface area (TPSA) is 66.4 Å². The van der Waals surface area contributed by atoms with Gasteiger partial charge in [-0.05, 0) is 32.1 Å². The first kappa shape index (κ1) is 13.0. The Bertz CT molecular complexity index is 273. The quantitative estimate of drug-likeness (QED) is 0.653. The molecule has 0 aromatic carbocycles. The highest BCUT2D eigenvalue weighted by molar-refractivity contribution is 5.87. The number of carboxylic acids is 1. The van der Waals surface area contributed by atoms with E-state index in [-0.39, 0.29) is 11.8 Å². The Morgan fingerprint density at radius 1 is 1.38 bits per heavy atom. The summed E-state index contributed by atoms with van der Waals surface area (Å²) in [5, 5.41) is 11.8. The molecule has 4 heteroatoms. The fraction of sp³-hybridized carbons (Fsp3) is 0.833. The van der Waals surface area contributed by atoms with Crippen molar-refractivity contribution in [1.29, 1.82) is 0 Å². The van der Waals surface area contributed by atoms with Crippen LogP contribution in [-0.2, 0) is 9.59 Å². The Morgan fingerprint density at radius 3 is 2.44 bits per heavy atom. The van der Waals surface area contributed by atoms with Crippen molar-refractivity contribution in [1.82, 2.24) is 5.32 Å². The van der Waals surface area contributed by atoms with Crippen molar-refractivity contribution < 1.29 is 14.7 Å². The normalized spacial score (nSPS) is 18.9. The van der Waals surface area contributed by atoms with E-state index in [1.54, 1.807) is 6.92 Å². The zero-order chi connectivity index (χ0) is 12.2. The number of hydrogen-bond acceptors (Lipinski definition) is 2. The van der Waals surface area contributed by atoms with Gasteiger partial charge in [0.25, 0.3) is 0 Å². The van der Waals surface area contributed by atoms with Crippen LogP contribution in [0.15, 0.2) is 0 Å². The largest absolute Gasteiger partial charge is 0.480 e. The molecule has 0 heterocycles. The molecule has 2 N–H and O–H groups in total. The number of amides is 1. The third-order valence-corrected chi connectivity index (χ3v) is 3.24. The molecule has 0 radical (unpaired) electrons. The second-order valence-corrected chi connectivity index (χ2v) is 4.79. The maximum absolute atomic E-state index is 11.6. The van der Waals surface area contributed by atoms with Crippen molar-refractivity contribution in [2.75, 3.05) is 0 Å². The van der Waals surface area contributed by atoms with Crippen molar-refractivity contribution in [3.63, 3.8) is 0 Å². The summed E-state index contributed by atoms with van der Waals surface area (Å²) in [4.78, 5) is 22.7. The molecule has 1 saturated carbocycles. The van der Waals surface area contributed by atoms with Gasteiger partial charge in [-0.25, -0.2) is 4.79 Å². The third kappa shape index (κ3) is 3.22. The predicted molar refractivity (Wildman–Crippen MR) is 61.0 cm³/mol. The van der Waals surface area contributed by atoms with Crippen LogP contribution in [0.1, 0.15) is 52.4 Å². The summed E-state index contributed by atoms with van der Waals surface area (Å²) in [5.41, 5.74) is -1.05. The van der Waals surface area contributed by atoms with Gasteiger partial charge in [0.05, 0.1) is 0 Å². The van der Waals surface area contributed by atoms with E-state index >= 15 is 0 Å². The Kier molecular flexibility index (Phi) is 4.33. The van der Waals surface area contributed by atoms with Crippen LogP contribution in [-0.4, -0.2) is 22.5 Å². The van der Waals surface area contributed by atoms with Crippen LogP contribution in [0.2, 0.25) is 0 Å². The Labute approximate surface area is 96.4 Å². The van der Waals surface area contributed by atoms with E-state index in [9.17, 15) is 9.59 Å². The summed E-state index contributed by atoms with van der Waals surface area (Å²) in [6.45, 7) is 3.69. The molecule has 0 bridgehead atoms. The van der Waals surface area contributed by atoms with E-state index < -0.39 is 11.5 Å². The number of unbranched alkanes of at least 4 members (excludes halogenated alkanes) is 2. The Hall–Kier alpha value is -1.06. The first-order valence-electron chi connectivity index (χ1n) is 6.05. The molecule has 1 fully saturated rings. The van der Waals surface area contributed by atoms with Gasteiger partial charge >= 0.3 is 5.97 Å². The van der Waals surface area contributed by atoms with Crippen molar-refractivity contribution >= 4 is 11.9 Å². The van der Waals surface area contributed by atoms with Gasteiger partial charge in [-0.15, -0.1) is 0 Å². The number of aliphatic carboxylic acids is 1. The van der Waals surface area contributed by atoms with Gasteiger partial charge in [-0.2, -0.15) is 0 Å². The van der Waals surface area contributed by atoms with E-state index in [0.29, 0.717) is 6.42 Å². The van der Waals surface area contributed by atoms with Crippen molar-refractivity contribution in [3.8, 4) is 0 Å². The lowest BCUT2D eigenvalue weighted by molar-refractivity contribution is -0.147. The van der Waals surface area contributed by atoms with Crippen molar-refractivity contribution in [2.45, 2.75) is 57.9 Å². The highest BCUT2D eigenvalue weighted by atomic mass is 16.4. The van der Waals surface area contributed by atoms with E-state index in [4.69, 9.17) is 5.11 Å². The summed E-state index contributed by atoms with van der Waals surface area (Å²) in [6, 6.07) is 0. The average Bonchev–Trinajstić information content (AvgIpc) is 3.00. The number of carboxylic acid groups (broad SMARTS) is 1. The minimum absolute atomic E-state index is 0.111. The smallest absolute Gasteiger partial charge is 0.329 e. The SMILES string of the molecule is CCCCCC(=O)NC(C)(C(=O)O)C1CC1. The molecule has 4 nitrogen and oxygen atoms in total. The van der Waals surface area contributed by atoms with E-state index in [1.807, 2.05) is 0 Å². The highest BCUT2D eigenvalue weighted by Gasteiger charge is 2.48. The zero-order valence-corrected chi connectivity index (χ0v) is 10.1. The molecule has 0 aliphatic heterocycles. The number of rotatable bonds is 7. The van der Waals surface area contributed by atoms with Crippen LogP contribution >= 0.6 is 0 Å². The molecule has 1 aliphatic carbocycles. The van der Waals surface area contributed by atoms with Crippen LogP contribution < -0.4 is 5.32 Å². The molecule has 1 unspecified atom stereocenters. The monoisotopic (exact) mass is 227 g/mol. The molecule has 1 amide bonds. The molecule has 1 atom stereocenters. The zero-order valence-electron chi connectivity index (χ0n) is 10.1. The Morgan fingerprint density at radius 2 is 2.00 bits per heavy atom. The summed E-state index contributed by atoms with van der Waals surface area (Å²) >= 11 is 0. The molecule has 16 heavy (non-hydrogen) atoms. The van der Waals surface area contributed by atoms with Crippen LogP contribution in [0.4, 0.5) is 0 Å². The molecule has 92 valence electrons. The van der Waals surface area contributed by atoms with Gasteiger partial charge in [-0.3, -0.25) is 4.79 Å². The molecular formula is C12H21NO3. The van der Waals surface area contributed by atoms with Crippen LogP contribution in [0.25, 0.3) is 0 Å². The number of carbonyl (C=O) groups is 2. The van der Waals surface area contributed by atoms with Gasteiger partial charge in [0.15, 0.2) is 0 Å². The standard InChI is InChI=1S/C12H21NO3/c1-3-4-5-6-10(14)13-12(2,11(15)16)9-7-8-9/h9H,3-8H2,1-2H3,(H,13,14)(H,15,16). The molecular weight excluding hydrogens is 206 g/mol. The summed E-state index contributed by atoms with van der Waals surface area (Å²) in [7, 11) is 0. The second kappa shape index (κ2) is 5.32. The molecule has 1 aliphatic rings. The van der Waals surface area contributed by atoms with Crippen LogP contribution in [0.5, 0.6) is 0 Å². The maximum Gasteiger partial charge on any atom is 0.329 e. The lowest BCUT2D eigenvalue weighted by atomic mass is 9.95.